The molecule has 0 spiro atoms. The van der Waals surface area contributed by atoms with Gasteiger partial charge in [-0.3, -0.25) is 9.59 Å². The smallest absolute Gasteiger partial charge is 0.287 e. The van der Waals surface area contributed by atoms with Gasteiger partial charge in [-0.1, -0.05) is 41.9 Å². The Labute approximate surface area is 157 Å². The first-order chi connectivity index (χ1) is 12.5. The summed E-state index contributed by atoms with van der Waals surface area (Å²) in [5, 5.41) is 6.89. The van der Waals surface area contributed by atoms with E-state index in [0.29, 0.717) is 11.6 Å². The van der Waals surface area contributed by atoms with E-state index in [0.717, 1.165) is 37.0 Å². The highest BCUT2D eigenvalue weighted by molar-refractivity contribution is 6.33. The molecule has 1 saturated heterocycles. The average Bonchev–Trinajstić information content (AvgIpc) is 2.67. The molecular formula is C19H23ClN4O2. The summed E-state index contributed by atoms with van der Waals surface area (Å²) in [5.74, 6) is 0.630. The van der Waals surface area contributed by atoms with Gasteiger partial charge in [-0.15, -0.1) is 0 Å². The van der Waals surface area contributed by atoms with E-state index in [9.17, 15) is 9.59 Å². The summed E-state index contributed by atoms with van der Waals surface area (Å²) in [6.45, 7) is 1.64. The highest BCUT2D eigenvalue weighted by Crippen LogP contribution is 2.22. The largest absolute Gasteiger partial charge is 0.373 e. The monoisotopic (exact) mass is 374 g/mol. The van der Waals surface area contributed by atoms with Crippen molar-refractivity contribution in [3.05, 3.63) is 57.5 Å². The van der Waals surface area contributed by atoms with Crippen molar-refractivity contribution in [1.82, 2.24) is 14.7 Å². The number of rotatable bonds is 5. The van der Waals surface area contributed by atoms with Gasteiger partial charge in [0.05, 0.1) is 18.4 Å². The van der Waals surface area contributed by atoms with Gasteiger partial charge in [-0.05, 0) is 30.7 Å². The number of carbonyl (C=O) groups excluding carboxylic acids is 1. The standard InChI is InChI=1S/C19H23ClN4O2/c1-23-19(26)18(20)16(12-22-23)21-13-17(25)24-9-7-15(8-10-24)11-14-5-3-2-4-6-14/h2-6,12,15,21H,7-11,13H2,1H3. The van der Waals surface area contributed by atoms with Crippen LogP contribution >= 0.6 is 11.6 Å². The first-order valence-electron chi connectivity index (χ1n) is 8.82. The second kappa shape index (κ2) is 8.36. The van der Waals surface area contributed by atoms with Crippen LogP contribution in [0.25, 0.3) is 0 Å². The number of carbonyl (C=O) groups is 1. The third kappa shape index (κ3) is 4.43. The lowest BCUT2D eigenvalue weighted by molar-refractivity contribution is -0.130. The number of nitrogens with one attached hydrogen (secondary N) is 1. The molecule has 138 valence electrons. The summed E-state index contributed by atoms with van der Waals surface area (Å²) in [7, 11) is 1.53. The van der Waals surface area contributed by atoms with E-state index >= 15 is 0 Å². The van der Waals surface area contributed by atoms with E-state index in [1.54, 1.807) is 0 Å². The molecule has 0 atom stereocenters. The fraction of sp³-hybridized carbons (Fsp3) is 0.421. The second-order valence-electron chi connectivity index (χ2n) is 6.67. The molecule has 1 amide bonds. The van der Waals surface area contributed by atoms with Crippen LogP contribution in [0.5, 0.6) is 0 Å². The molecule has 7 heteroatoms. The van der Waals surface area contributed by atoms with Crippen molar-refractivity contribution in [2.24, 2.45) is 13.0 Å². The van der Waals surface area contributed by atoms with Crippen molar-refractivity contribution < 1.29 is 4.79 Å². The molecule has 2 heterocycles. The lowest BCUT2D eigenvalue weighted by Crippen LogP contribution is -2.41. The normalized spacial score (nSPS) is 15.1. The van der Waals surface area contributed by atoms with Crippen molar-refractivity contribution in [3.8, 4) is 0 Å². The Bertz CT molecular complexity index is 814. The Morgan fingerprint density at radius 2 is 1.96 bits per heavy atom. The number of halogens is 1. The SMILES string of the molecule is Cn1ncc(NCC(=O)N2CCC(Cc3ccccc3)CC2)c(Cl)c1=O. The number of benzene rings is 1. The lowest BCUT2D eigenvalue weighted by Gasteiger charge is -2.32. The molecule has 2 aromatic rings. The van der Waals surface area contributed by atoms with Crippen molar-refractivity contribution in [1.29, 1.82) is 0 Å². The number of hydrogen-bond donors (Lipinski definition) is 1. The van der Waals surface area contributed by atoms with Gasteiger partial charge in [0.2, 0.25) is 5.91 Å². The van der Waals surface area contributed by atoms with Gasteiger partial charge in [0.1, 0.15) is 5.02 Å². The molecule has 1 aromatic heterocycles. The first-order valence-corrected chi connectivity index (χ1v) is 9.20. The molecule has 6 nitrogen and oxygen atoms in total. The zero-order valence-electron chi connectivity index (χ0n) is 14.8. The van der Waals surface area contributed by atoms with Gasteiger partial charge in [0.25, 0.3) is 5.56 Å². The molecule has 1 aliphatic heterocycles. The topological polar surface area (TPSA) is 67.2 Å². The van der Waals surface area contributed by atoms with Gasteiger partial charge >= 0.3 is 0 Å². The second-order valence-corrected chi connectivity index (χ2v) is 7.05. The molecular weight excluding hydrogens is 352 g/mol. The summed E-state index contributed by atoms with van der Waals surface area (Å²) < 4.78 is 1.16. The molecule has 26 heavy (non-hydrogen) atoms. The molecule has 3 rings (SSSR count). The minimum atomic E-state index is -0.383. The van der Waals surface area contributed by atoms with Crippen molar-refractivity contribution >= 4 is 23.2 Å². The fourth-order valence-corrected chi connectivity index (χ4v) is 3.49. The molecule has 0 saturated carbocycles. The highest BCUT2D eigenvalue weighted by Gasteiger charge is 2.23. The van der Waals surface area contributed by atoms with Gasteiger partial charge in [-0.25, -0.2) is 4.68 Å². The number of amides is 1. The maximum absolute atomic E-state index is 12.4. The van der Waals surface area contributed by atoms with Gasteiger partial charge in [0, 0.05) is 20.1 Å². The fourth-order valence-electron chi connectivity index (χ4n) is 3.25. The number of piperidine rings is 1. The number of anilines is 1. The number of hydrogen-bond acceptors (Lipinski definition) is 4. The molecule has 1 aliphatic rings. The summed E-state index contributed by atoms with van der Waals surface area (Å²) in [5.41, 5.74) is 1.36. The number of aromatic nitrogens is 2. The molecule has 0 radical (unpaired) electrons. The third-order valence-electron chi connectivity index (χ3n) is 4.84. The maximum atomic E-state index is 12.4. The van der Waals surface area contributed by atoms with E-state index in [1.165, 1.54) is 18.8 Å². The van der Waals surface area contributed by atoms with Gasteiger partial charge < -0.3 is 10.2 Å². The summed E-state index contributed by atoms with van der Waals surface area (Å²) in [6, 6.07) is 10.5. The van der Waals surface area contributed by atoms with Crippen LogP contribution in [0, 0.1) is 5.92 Å². The highest BCUT2D eigenvalue weighted by atomic mass is 35.5. The predicted molar refractivity (Wildman–Crippen MR) is 102 cm³/mol. The van der Waals surface area contributed by atoms with Crippen LogP contribution in [0.4, 0.5) is 5.69 Å². The molecule has 1 fully saturated rings. The summed E-state index contributed by atoms with van der Waals surface area (Å²) in [4.78, 5) is 26.0. The molecule has 0 unspecified atom stereocenters. The van der Waals surface area contributed by atoms with Crippen LogP contribution in [0.1, 0.15) is 18.4 Å². The quantitative estimate of drug-likeness (QED) is 0.872. The van der Waals surface area contributed by atoms with E-state index in [-0.39, 0.29) is 23.0 Å². The Morgan fingerprint density at radius 1 is 1.27 bits per heavy atom. The van der Waals surface area contributed by atoms with Crippen LogP contribution in [0.15, 0.2) is 41.3 Å². The zero-order valence-corrected chi connectivity index (χ0v) is 15.6. The van der Waals surface area contributed by atoms with Crippen molar-refractivity contribution in [2.45, 2.75) is 19.3 Å². The number of nitrogens with zero attached hydrogens (tertiary/aromatic N) is 3. The zero-order chi connectivity index (χ0) is 18.5. The first kappa shape index (κ1) is 18.5. The van der Waals surface area contributed by atoms with E-state index in [4.69, 9.17) is 11.6 Å². The maximum Gasteiger partial charge on any atom is 0.287 e. The van der Waals surface area contributed by atoms with Crippen LogP contribution < -0.4 is 10.9 Å². The molecule has 1 aromatic carbocycles. The third-order valence-corrected chi connectivity index (χ3v) is 5.21. The Balaban J connectivity index is 1.48. The lowest BCUT2D eigenvalue weighted by atomic mass is 9.90. The molecule has 1 N–H and O–H groups in total. The molecule has 0 aliphatic carbocycles. The van der Waals surface area contributed by atoms with E-state index in [1.807, 2.05) is 11.0 Å². The van der Waals surface area contributed by atoms with Crippen LogP contribution in [-0.4, -0.2) is 40.2 Å². The predicted octanol–water partition coefficient (Wildman–Crippen LogP) is 2.33. The number of aryl methyl sites for hydroxylation is 1. The Kier molecular flexibility index (Phi) is 5.93. The average molecular weight is 375 g/mol. The minimum Gasteiger partial charge on any atom is -0.373 e. The van der Waals surface area contributed by atoms with E-state index < -0.39 is 0 Å². The van der Waals surface area contributed by atoms with Gasteiger partial charge in [-0.2, -0.15) is 5.10 Å². The van der Waals surface area contributed by atoms with Crippen LogP contribution in [0.2, 0.25) is 5.02 Å². The Morgan fingerprint density at radius 3 is 2.65 bits per heavy atom. The van der Waals surface area contributed by atoms with Crippen LogP contribution in [0.3, 0.4) is 0 Å². The Hall–Kier alpha value is -2.34. The molecule has 0 bridgehead atoms. The summed E-state index contributed by atoms with van der Waals surface area (Å²) >= 11 is 6.00. The minimum absolute atomic E-state index is 0.0138. The van der Waals surface area contributed by atoms with Crippen molar-refractivity contribution in [2.75, 3.05) is 25.0 Å². The van der Waals surface area contributed by atoms with Crippen LogP contribution in [-0.2, 0) is 18.3 Å². The van der Waals surface area contributed by atoms with Crippen molar-refractivity contribution in [3.63, 3.8) is 0 Å². The van der Waals surface area contributed by atoms with Gasteiger partial charge in [0.15, 0.2) is 0 Å². The van der Waals surface area contributed by atoms with E-state index in [2.05, 4.69) is 34.7 Å². The number of likely N-dealkylation sites (tertiary alicyclic amines) is 1. The summed E-state index contributed by atoms with van der Waals surface area (Å²) in [6.07, 6.45) is 4.54.